The number of rotatable bonds is 3. The van der Waals surface area contributed by atoms with Gasteiger partial charge in [0, 0.05) is 23.8 Å². The molecule has 0 bridgehead atoms. The second-order valence-electron chi connectivity index (χ2n) is 4.28. The van der Waals surface area contributed by atoms with Gasteiger partial charge >= 0.3 is 0 Å². The van der Waals surface area contributed by atoms with E-state index in [0.29, 0.717) is 17.7 Å². The molecule has 0 aliphatic heterocycles. The van der Waals surface area contributed by atoms with Gasteiger partial charge in [-0.1, -0.05) is 11.6 Å². The van der Waals surface area contributed by atoms with Crippen molar-refractivity contribution in [3.05, 3.63) is 21.3 Å². The van der Waals surface area contributed by atoms with E-state index >= 15 is 0 Å². The lowest BCUT2D eigenvalue weighted by Gasteiger charge is -2.28. The van der Waals surface area contributed by atoms with E-state index in [2.05, 4.69) is 11.4 Å². The Hall–Kier alpha value is -0.380. The summed E-state index contributed by atoms with van der Waals surface area (Å²) < 4.78 is 0.835. The highest BCUT2D eigenvalue weighted by Crippen LogP contribution is 2.37. The van der Waals surface area contributed by atoms with Gasteiger partial charge in [-0.25, -0.2) is 0 Å². The van der Waals surface area contributed by atoms with Crippen LogP contribution in [0.5, 0.6) is 0 Å². The van der Waals surface area contributed by atoms with Gasteiger partial charge in [-0.05, 0) is 37.9 Å². The smallest absolute Gasteiger partial charge is 0.132 e. The zero-order chi connectivity index (χ0) is 11.5. The summed E-state index contributed by atoms with van der Waals surface area (Å²) in [5, 5.41) is 3.36. The van der Waals surface area contributed by atoms with Crippen molar-refractivity contribution in [2.75, 3.05) is 7.05 Å². The van der Waals surface area contributed by atoms with Crippen molar-refractivity contribution in [1.82, 2.24) is 5.32 Å². The second kappa shape index (κ2) is 5.30. The Morgan fingerprint density at radius 3 is 2.62 bits per heavy atom. The summed E-state index contributed by atoms with van der Waals surface area (Å²) in [5.74, 6) is 0.979. The van der Waals surface area contributed by atoms with Crippen LogP contribution in [0, 0.1) is 5.92 Å². The lowest BCUT2D eigenvalue weighted by molar-refractivity contribution is -0.121. The van der Waals surface area contributed by atoms with Gasteiger partial charge in [0.2, 0.25) is 0 Å². The van der Waals surface area contributed by atoms with E-state index in [1.807, 2.05) is 13.1 Å². The Morgan fingerprint density at radius 2 is 2.12 bits per heavy atom. The number of halogens is 1. The Labute approximate surface area is 105 Å². The average Bonchev–Trinajstić information content (AvgIpc) is 2.69. The highest BCUT2D eigenvalue weighted by molar-refractivity contribution is 7.16. The minimum atomic E-state index is 0.352. The molecular formula is C12H16ClNOS. The van der Waals surface area contributed by atoms with E-state index in [-0.39, 0.29) is 0 Å². The predicted molar refractivity (Wildman–Crippen MR) is 68.1 cm³/mol. The molecule has 1 aliphatic rings. The highest BCUT2D eigenvalue weighted by atomic mass is 35.5. The summed E-state index contributed by atoms with van der Waals surface area (Å²) in [6.45, 7) is 0. The second-order valence-corrected chi connectivity index (χ2v) is 6.03. The minimum Gasteiger partial charge on any atom is -0.312 e. The molecule has 0 amide bonds. The lowest BCUT2D eigenvalue weighted by Crippen LogP contribution is -2.28. The largest absolute Gasteiger partial charge is 0.312 e. The van der Waals surface area contributed by atoms with E-state index in [9.17, 15) is 4.79 Å². The van der Waals surface area contributed by atoms with Gasteiger partial charge in [0.25, 0.3) is 0 Å². The van der Waals surface area contributed by atoms with E-state index in [0.717, 1.165) is 30.0 Å². The third-order valence-electron chi connectivity index (χ3n) is 3.27. The van der Waals surface area contributed by atoms with Crippen LogP contribution in [0.4, 0.5) is 0 Å². The Bertz CT molecular complexity index is 367. The molecule has 16 heavy (non-hydrogen) atoms. The van der Waals surface area contributed by atoms with Gasteiger partial charge < -0.3 is 5.32 Å². The molecule has 1 N–H and O–H groups in total. The fourth-order valence-corrected chi connectivity index (χ4v) is 3.67. The number of carbonyl (C=O) groups excluding carboxylic acids is 1. The van der Waals surface area contributed by atoms with Crippen LogP contribution in [0.2, 0.25) is 4.34 Å². The van der Waals surface area contributed by atoms with E-state index < -0.39 is 0 Å². The molecule has 1 fully saturated rings. The molecule has 2 rings (SSSR count). The van der Waals surface area contributed by atoms with Crippen LogP contribution in [0.15, 0.2) is 12.1 Å². The van der Waals surface area contributed by atoms with Gasteiger partial charge in [0.1, 0.15) is 5.78 Å². The van der Waals surface area contributed by atoms with Crippen LogP contribution in [0.1, 0.15) is 36.6 Å². The van der Waals surface area contributed by atoms with Crippen LogP contribution in [-0.2, 0) is 4.79 Å². The maximum absolute atomic E-state index is 11.2. The van der Waals surface area contributed by atoms with Crippen LogP contribution in [0.25, 0.3) is 0 Å². The molecule has 1 unspecified atom stereocenters. The molecule has 2 nitrogen and oxygen atoms in total. The van der Waals surface area contributed by atoms with Crippen molar-refractivity contribution in [3.8, 4) is 0 Å². The van der Waals surface area contributed by atoms with Crippen molar-refractivity contribution in [2.24, 2.45) is 5.92 Å². The monoisotopic (exact) mass is 257 g/mol. The van der Waals surface area contributed by atoms with Gasteiger partial charge in [0.05, 0.1) is 4.34 Å². The first kappa shape index (κ1) is 12.1. The minimum absolute atomic E-state index is 0.352. The van der Waals surface area contributed by atoms with E-state index in [1.165, 1.54) is 4.88 Å². The number of ketones is 1. The Balaban J connectivity index is 2.07. The first-order valence-electron chi connectivity index (χ1n) is 5.65. The molecule has 1 aromatic rings. The fraction of sp³-hybridized carbons (Fsp3) is 0.583. The molecule has 1 saturated carbocycles. The normalized spacial score (nSPS) is 20.0. The maximum Gasteiger partial charge on any atom is 0.132 e. The van der Waals surface area contributed by atoms with E-state index in [1.54, 1.807) is 11.3 Å². The fourth-order valence-electron chi connectivity index (χ4n) is 2.40. The zero-order valence-electron chi connectivity index (χ0n) is 9.33. The summed E-state index contributed by atoms with van der Waals surface area (Å²) in [5.41, 5.74) is 0. The maximum atomic E-state index is 11.2. The predicted octanol–water partition coefficient (Wildman–Crippen LogP) is 3.42. The molecule has 0 saturated heterocycles. The van der Waals surface area contributed by atoms with Gasteiger partial charge in [0.15, 0.2) is 0 Å². The SMILES string of the molecule is CNC(c1ccc(Cl)s1)C1CCC(=O)CC1. The van der Waals surface area contributed by atoms with Gasteiger partial charge in [-0.15, -0.1) is 11.3 Å². The van der Waals surface area contributed by atoms with Crippen molar-refractivity contribution in [3.63, 3.8) is 0 Å². The first-order chi connectivity index (χ1) is 7.70. The third-order valence-corrected chi connectivity index (χ3v) is 4.59. The number of carbonyl (C=O) groups is 1. The van der Waals surface area contributed by atoms with Crippen LogP contribution >= 0.6 is 22.9 Å². The molecule has 1 aromatic heterocycles. The van der Waals surface area contributed by atoms with Crippen LogP contribution < -0.4 is 5.32 Å². The molecule has 0 radical (unpaired) electrons. The molecule has 88 valence electrons. The lowest BCUT2D eigenvalue weighted by atomic mass is 9.83. The van der Waals surface area contributed by atoms with Crippen molar-refractivity contribution in [1.29, 1.82) is 0 Å². The standard InChI is InChI=1S/C12H16ClNOS/c1-14-12(10-6-7-11(13)16-10)8-2-4-9(15)5-3-8/h6-8,12,14H,2-5H2,1H3. The molecular weight excluding hydrogens is 242 g/mol. The van der Waals surface area contributed by atoms with Crippen molar-refractivity contribution in [2.45, 2.75) is 31.7 Å². The summed E-state index contributed by atoms with van der Waals surface area (Å²) >= 11 is 7.59. The Kier molecular flexibility index (Phi) is 4.00. The third kappa shape index (κ3) is 2.65. The number of Topliss-reactive ketones (excluding diaryl/α,β-unsaturated/α-hetero) is 1. The summed E-state index contributed by atoms with van der Waals surface area (Å²) in [4.78, 5) is 12.5. The van der Waals surface area contributed by atoms with Crippen LogP contribution in [-0.4, -0.2) is 12.8 Å². The van der Waals surface area contributed by atoms with Crippen molar-refractivity contribution < 1.29 is 4.79 Å². The summed E-state index contributed by atoms with van der Waals surface area (Å²) in [6.07, 6.45) is 3.48. The molecule has 1 heterocycles. The molecule has 1 aliphatic carbocycles. The zero-order valence-corrected chi connectivity index (χ0v) is 10.9. The molecule has 4 heteroatoms. The Morgan fingerprint density at radius 1 is 1.44 bits per heavy atom. The molecule has 1 atom stereocenters. The van der Waals surface area contributed by atoms with Gasteiger partial charge in [-0.3, -0.25) is 4.79 Å². The van der Waals surface area contributed by atoms with Crippen LogP contribution in [0.3, 0.4) is 0 Å². The number of hydrogen-bond donors (Lipinski definition) is 1. The highest BCUT2D eigenvalue weighted by Gasteiger charge is 2.27. The molecule has 0 aromatic carbocycles. The molecule has 0 spiro atoms. The number of nitrogens with one attached hydrogen (secondary N) is 1. The first-order valence-corrected chi connectivity index (χ1v) is 6.84. The van der Waals surface area contributed by atoms with E-state index in [4.69, 9.17) is 11.6 Å². The van der Waals surface area contributed by atoms with Crippen molar-refractivity contribution >= 4 is 28.7 Å². The van der Waals surface area contributed by atoms with Gasteiger partial charge in [-0.2, -0.15) is 0 Å². The summed E-state index contributed by atoms with van der Waals surface area (Å²) in [7, 11) is 1.98. The number of thiophene rings is 1. The quantitative estimate of drug-likeness (QED) is 0.899. The number of hydrogen-bond acceptors (Lipinski definition) is 3. The topological polar surface area (TPSA) is 29.1 Å². The average molecular weight is 258 g/mol. The summed E-state index contributed by atoms with van der Waals surface area (Å²) in [6, 6.07) is 4.38.